The number of fused-ring (bicyclic) bond motifs is 2. The van der Waals surface area contributed by atoms with Gasteiger partial charge < -0.3 is 19.7 Å². The predicted molar refractivity (Wildman–Crippen MR) is 130 cm³/mol. The number of halogens is 4. The molecule has 9 nitrogen and oxygen atoms in total. The highest BCUT2D eigenvalue weighted by atomic mass is 19.4. The summed E-state index contributed by atoms with van der Waals surface area (Å²) in [6, 6.07) is 2.26. The summed E-state index contributed by atoms with van der Waals surface area (Å²) in [5.74, 6) is -1.15. The van der Waals surface area contributed by atoms with Crippen LogP contribution in [0.15, 0.2) is 18.3 Å². The lowest BCUT2D eigenvalue weighted by Crippen LogP contribution is -2.54. The second-order valence-corrected chi connectivity index (χ2v) is 10.6. The molecule has 2 aliphatic heterocycles. The SMILES string of the molecule is COc1cc(-c2cc(C(=O)N3[C@@H]4CC[C@H]3CC(C(=O)NC3CCC(OC)(C(F)(F)F)CC3)C4)[nH]n2)c(F)cn1. The van der Waals surface area contributed by atoms with Crippen molar-refractivity contribution < 1.29 is 36.6 Å². The Morgan fingerprint density at radius 1 is 1.10 bits per heavy atom. The van der Waals surface area contributed by atoms with Crippen LogP contribution in [0.1, 0.15) is 61.9 Å². The zero-order valence-corrected chi connectivity index (χ0v) is 21.7. The van der Waals surface area contributed by atoms with Crippen LogP contribution in [0.2, 0.25) is 0 Å². The van der Waals surface area contributed by atoms with E-state index in [-0.39, 0.29) is 84.4 Å². The number of nitrogens with zero attached hydrogens (tertiary/aromatic N) is 3. The fourth-order valence-corrected chi connectivity index (χ4v) is 6.31. The molecule has 5 rings (SSSR count). The smallest absolute Gasteiger partial charge is 0.417 e. The molecule has 3 atom stereocenters. The van der Waals surface area contributed by atoms with Crippen molar-refractivity contribution in [3.05, 3.63) is 29.8 Å². The average Bonchev–Trinajstić information content (AvgIpc) is 3.50. The van der Waals surface area contributed by atoms with E-state index in [4.69, 9.17) is 9.47 Å². The Bertz CT molecular complexity index is 1210. The summed E-state index contributed by atoms with van der Waals surface area (Å²) < 4.78 is 64.6. The van der Waals surface area contributed by atoms with E-state index < -0.39 is 17.6 Å². The van der Waals surface area contributed by atoms with Gasteiger partial charge >= 0.3 is 6.18 Å². The second-order valence-electron chi connectivity index (χ2n) is 10.6. The average molecular weight is 554 g/mol. The second kappa shape index (κ2) is 10.4. The van der Waals surface area contributed by atoms with Crippen molar-refractivity contribution in [3.8, 4) is 17.1 Å². The maximum atomic E-state index is 14.3. The van der Waals surface area contributed by atoms with Crippen molar-refractivity contribution in [2.24, 2.45) is 5.92 Å². The third-order valence-corrected chi connectivity index (χ3v) is 8.51. The first-order valence-electron chi connectivity index (χ1n) is 13.1. The third-order valence-electron chi connectivity index (χ3n) is 8.51. The van der Waals surface area contributed by atoms with Crippen LogP contribution in [0, 0.1) is 11.7 Å². The molecule has 3 aliphatic rings. The first-order chi connectivity index (χ1) is 18.5. The minimum atomic E-state index is -4.45. The molecule has 3 fully saturated rings. The molecule has 2 saturated heterocycles. The van der Waals surface area contributed by atoms with Gasteiger partial charge in [0.2, 0.25) is 11.8 Å². The summed E-state index contributed by atoms with van der Waals surface area (Å²) in [5, 5.41) is 9.77. The molecule has 39 heavy (non-hydrogen) atoms. The first kappa shape index (κ1) is 27.4. The number of ether oxygens (including phenoxy) is 2. The monoisotopic (exact) mass is 553 g/mol. The molecule has 1 unspecified atom stereocenters. The van der Waals surface area contributed by atoms with E-state index in [0.29, 0.717) is 12.8 Å². The van der Waals surface area contributed by atoms with Crippen LogP contribution in [0.25, 0.3) is 11.3 Å². The molecule has 0 aromatic carbocycles. The highest BCUT2D eigenvalue weighted by molar-refractivity contribution is 5.94. The number of methoxy groups -OCH3 is 2. The maximum absolute atomic E-state index is 14.3. The Morgan fingerprint density at radius 2 is 1.77 bits per heavy atom. The lowest BCUT2D eigenvalue weighted by molar-refractivity contribution is -0.280. The number of carbonyl (C=O) groups is 2. The molecule has 4 heterocycles. The number of aromatic nitrogens is 3. The number of hydrogen-bond acceptors (Lipinski definition) is 6. The van der Waals surface area contributed by atoms with Gasteiger partial charge in [-0.3, -0.25) is 14.7 Å². The van der Waals surface area contributed by atoms with Crippen molar-refractivity contribution >= 4 is 11.8 Å². The number of aromatic amines is 1. The highest BCUT2D eigenvalue weighted by Gasteiger charge is 2.56. The largest absolute Gasteiger partial charge is 0.481 e. The summed E-state index contributed by atoms with van der Waals surface area (Å²) in [5.41, 5.74) is -1.54. The van der Waals surface area contributed by atoms with E-state index in [9.17, 15) is 27.2 Å². The summed E-state index contributed by atoms with van der Waals surface area (Å²) in [6.45, 7) is 0. The minimum absolute atomic E-state index is 0.144. The van der Waals surface area contributed by atoms with E-state index in [2.05, 4.69) is 20.5 Å². The molecule has 212 valence electrons. The normalized spacial score (nSPS) is 28.8. The Hall–Kier alpha value is -3.22. The van der Waals surface area contributed by atoms with E-state index in [1.807, 2.05) is 0 Å². The van der Waals surface area contributed by atoms with Crippen LogP contribution in [0.4, 0.5) is 17.6 Å². The van der Waals surface area contributed by atoms with Gasteiger partial charge in [0, 0.05) is 42.8 Å². The van der Waals surface area contributed by atoms with E-state index in [0.717, 1.165) is 26.1 Å². The van der Waals surface area contributed by atoms with Crippen molar-refractivity contribution in [3.63, 3.8) is 0 Å². The number of hydrogen-bond donors (Lipinski definition) is 2. The van der Waals surface area contributed by atoms with Gasteiger partial charge in [-0.15, -0.1) is 0 Å². The lowest BCUT2D eigenvalue weighted by Gasteiger charge is -2.41. The van der Waals surface area contributed by atoms with Gasteiger partial charge in [0.1, 0.15) is 5.69 Å². The standard InChI is InChI=1S/C26H31F4N5O4/c1-38-22-11-18(19(27)13-31-22)20-12-21(34-33-20)24(37)35-16-3-4-17(35)10-14(9-16)23(36)32-15-5-7-25(39-2,8-6-15)26(28,29)30/h11-17H,3-10H2,1-2H3,(H,32,36)(H,33,34)/t14?,15?,16-,17+,25?. The van der Waals surface area contributed by atoms with E-state index in [1.165, 1.54) is 19.2 Å². The molecule has 1 saturated carbocycles. The summed E-state index contributed by atoms with van der Waals surface area (Å²) >= 11 is 0. The minimum Gasteiger partial charge on any atom is -0.481 e. The van der Waals surface area contributed by atoms with Crippen LogP contribution in [-0.4, -0.2) is 76.0 Å². The molecule has 0 spiro atoms. The molecule has 2 bridgehead atoms. The molecular formula is C26H31F4N5O4. The number of pyridine rings is 1. The molecule has 0 radical (unpaired) electrons. The number of H-pyrrole nitrogens is 1. The maximum Gasteiger partial charge on any atom is 0.417 e. The summed E-state index contributed by atoms with van der Waals surface area (Å²) in [6.07, 6.45) is -0.986. The van der Waals surface area contributed by atoms with Crippen LogP contribution in [0.3, 0.4) is 0 Å². The van der Waals surface area contributed by atoms with Crippen molar-refractivity contribution in [1.82, 2.24) is 25.4 Å². The van der Waals surface area contributed by atoms with Crippen molar-refractivity contribution in [1.29, 1.82) is 0 Å². The molecule has 2 N–H and O–H groups in total. The van der Waals surface area contributed by atoms with Gasteiger partial charge in [-0.2, -0.15) is 18.3 Å². The number of rotatable bonds is 6. The lowest BCUT2D eigenvalue weighted by atomic mass is 9.81. The Labute approximate surface area is 222 Å². The highest BCUT2D eigenvalue weighted by Crippen LogP contribution is 2.44. The first-order valence-corrected chi connectivity index (χ1v) is 13.1. The van der Waals surface area contributed by atoms with Gasteiger partial charge in [-0.05, 0) is 57.4 Å². The molecule has 2 aromatic rings. The number of amides is 2. The number of nitrogens with one attached hydrogen (secondary N) is 2. The van der Waals surface area contributed by atoms with Crippen LogP contribution >= 0.6 is 0 Å². The van der Waals surface area contributed by atoms with Crippen LogP contribution in [-0.2, 0) is 9.53 Å². The van der Waals surface area contributed by atoms with Gasteiger partial charge in [0.25, 0.3) is 5.91 Å². The fraction of sp³-hybridized carbons (Fsp3) is 0.615. The fourth-order valence-electron chi connectivity index (χ4n) is 6.31. The Morgan fingerprint density at radius 3 is 2.36 bits per heavy atom. The summed E-state index contributed by atoms with van der Waals surface area (Å²) in [7, 11) is 2.49. The molecule has 1 aliphatic carbocycles. The van der Waals surface area contributed by atoms with Crippen LogP contribution in [0.5, 0.6) is 5.88 Å². The van der Waals surface area contributed by atoms with E-state index in [1.54, 1.807) is 4.90 Å². The van der Waals surface area contributed by atoms with Gasteiger partial charge in [-0.1, -0.05) is 0 Å². The van der Waals surface area contributed by atoms with Gasteiger partial charge in [0.05, 0.1) is 19.0 Å². The van der Waals surface area contributed by atoms with Gasteiger partial charge in [0.15, 0.2) is 11.4 Å². The molecule has 2 amide bonds. The zero-order valence-electron chi connectivity index (χ0n) is 21.7. The number of alkyl halides is 3. The molecule has 13 heteroatoms. The Kier molecular flexibility index (Phi) is 7.29. The van der Waals surface area contributed by atoms with Crippen molar-refractivity contribution in [2.45, 2.75) is 81.3 Å². The molecule has 2 aromatic heterocycles. The quantitative estimate of drug-likeness (QED) is 0.524. The Balaban J connectivity index is 1.20. The topological polar surface area (TPSA) is 109 Å². The van der Waals surface area contributed by atoms with Crippen molar-refractivity contribution in [2.75, 3.05) is 14.2 Å². The summed E-state index contributed by atoms with van der Waals surface area (Å²) in [4.78, 5) is 32.1. The number of carbonyl (C=O) groups excluding carboxylic acids is 2. The predicted octanol–water partition coefficient (Wildman–Crippen LogP) is 4.01. The van der Waals surface area contributed by atoms with E-state index >= 15 is 0 Å². The third kappa shape index (κ3) is 5.08. The zero-order chi connectivity index (χ0) is 27.9. The van der Waals surface area contributed by atoms with Gasteiger partial charge in [-0.25, -0.2) is 9.37 Å². The van der Waals surface area contributed by atoms with Crippen LogP contribution < -0.4 is 10.1 Å². The number of piperidine rings is 1. The molecular weight excluding hydrogens is 522 g/mol.